The van der Waals surface area contributed by atoms with E-state index in [2.05, 4.69) is 4.90 Å². The number of carboxylic acids is 1. The lowest BCUT2D eigenvalue weighted by Crippen LogP contribution is -2.48. The van der Waals surface area contributed by atoms with Crippen molar-refractivity contribution in [3.63, 3.8) is 0 Å². The molecule has 1 saturated heterocycles. The van der Waals surface area contributed by atoms with Gasteiger partial charge in [-0.15, -0.1) is 0 Å². The molecule has 0 aromatic heterocycles. The first-order valence-corrected chi connectivity index (χ1v) is 9.67. The molecular formula is C22H23ClN2O3. The zero-order valence-electron chi connectivity index (χ0n) is 15.6. The molecule has 0 saturated carbocycles. The molecule has 1 aliphatic rings. The fourth-order valence-electron chi connectivity index (χ4n) is 3.16. The topological polar surface area (TPSA) is 60.9 Å². The van der Waals surface area contributed by atoms with Gasteiger partial charge in [-0.05, 0) is 47.9 Å². The van der Waals surface area contributed by atoms with Crippen LogP contribution in [0.4, 0.5) is 5.69 Å². The highest BCUT2D eigenvalue weighted by molar-refractivity contribution is 6.30. The third kappa shape index (κ3) is 5.60. The Bertz CT molecular complexity index is 839. The third-order valence-electron chi connectivity index (χ3n) is 4.81. The number of nitrogens with zero attached hydrogens (tertiary/aromatic N) is 2. The lowest BCUT2D eigenvalue weighted by Gasteiger charge is -2.35. The van der Waals surface area contributed by atoms with Crippen LogP contribution in [0.5, 0.6) is 0 Å². The summed E-state index contributed by atoms with van der Waals surface area (Å²) in [6.45, 7) is 2.89. The molecule has 1 heterocycles. The number of carbonyl (C=O) groups excluding carboxylic acids is 1. The fraction of sp³-hybridized carbons (Fsp3) is 0.273. The molecule has 2 aromatic carbocycles. The summed E-state index contributed by atoms with van der Waals surface area (Å²) >= 11 is 5.87. The molecule has 1 fully saturated rings. The Balaban J connectivity index is 1.50. The summed E-state index contributed by atoms with van der Waals surface area (Å²) in [5, 5.41) is 9.44. The van der Waals surface area contributed by atoms with Crippen molar-refractivity contribution in [2.75, 3.05) is 31.1 Å². The Morgan fingerprint density at radius 3 is 2.21 bits per heavy atom. The van der Waals surface area contributed by atoms with Crippen molar-refractivity contribution in [1.29, 1.82) is 0 Å². The first-order valence-electron chi connectivity index (χ1n) is 9.29. The second-order valence-electron chi connectivity index (χ2n) is 6.76. The molecule has 0 radical (unpaired) electrons. The van der Waals surface area contributed by atoms with Crippen LogP contribution in [-0.4, -0.2) is 48.1 Å². The molecule has 146 valence electrons. The predicted octanol–water partition coefficient (Wildman–Crippen LogP) is 3.72. The number of anilines is 1. The molecule has 1 aliphatic heterocycles. The van der Waals surface area contributed by atoms with Crippen LogP contribution in [0.1, 0.15) is 17.5 Å². The van der Waals surface area contributed by atoms with Crippen LogP contribution >= 0.6 is 11.6 Å². The fourth-order valence-corrected chi connectivity index (χ4v) is 3.28. The van der Waals surface area contributed by atoms with Gasteiger partial charge in [0.1, 0.15) is 0 Å². The molecule has 1 N–H and O–H groups in total. The number of rotatable bonds is 6. The Kier molecular flexibility index (Phi) is 6.71. The van der Waals surface area contributed by atoms with Crippen LogP contribution in [-0.2, 0) is 16.0 Å². The van der Waals surface area contributed by atoms with E-state index < -0.39 is 5.97 Å². The van der Waals surface area contributed by atoms with Gasteiger partial charge in [0.2, 0.25) is 5.91 Å². The van der Waals surface area contributed by atoms with Crippen molar-refractivity contribution in [3.05, 3.63) is 70.8 Å². The van der Waals surface area contributed by atoms with Gasteiger partial charge in [0.05, 0.1) is 0 Å². The van der Waals surface area contributed by atoms with Gasteiger partial charge in [0, 0.05) is 49.4 Å². The number of aliphatic carboxylic acids is 1. The molecule has 0 bridgehead atoms. The van der Waals surface area contributed by atoms with Gasteiger partial charge in [0.15, 0.2) is 0 Å². The normalized spacial score (nSPS) is 14.5. The largest absolute Gasteiger partial charge is 0.481 e. The number of hydrogen-bond donors (Lipinski definition) is 1. The average Bonchev–Trinajstić information content (AvgIpc) is 2.72. The number of aryl methyl sites for hydroxylation is 1. The number of halogens is 1. The molecule has 1 amide bonds. The maximum absolute atomic E-state index is 12.4. The van der Waals surface area contributed by atoms with Gasteiger partial charge in [-0.1, -0.05) is 35.9 Å². The van der Waals surface area contributed by atoms with Crippen LogP contribution in [0, 0.1) is 0 Å². The second-order valence-corrected chi connectivity index (χ2v) is 7.19. The van der Waals surface area contributed by atoms with Gasteiger partial charge >= 0.3 is 5.97 Å². The second kappa shape index (κ2) is 9.42. The van der Waals surface area contributed by atoms with Gasteiger partial charge in [-0.2, -0.15) is 0 Å². The number of benzene rings is 2. The minimum atomic E-state index is -0.782. The predicted molar refractivity (Wildman–Crippen MR) is 112 cm³/mol. The summed E-state index contributed by atoms with van der Waals surface area (Å²) in [6.07, 6.45) is 4.10. The minimum Gasteiger partial charge on any atom is -0.481 e. The van der Waals surface area contributed by atoms with E-state index in [-0.39, 0.29) is 12.3 Å². The van der Waals surface area contributed by atoms with Crippen molar-refractivity contribution in [2.24, 2.45) is 0 Å². The van der Waals surface area contributed by atoms with Crippen molar-refractivity contribution >= 4 is 35.2 Å². The van der Waals surface area contributed by atoms with E-state index >= 15 is 0 Å². The molecule has 5 nitrogen and oxygen atoms in total. The van der Waals surface area contributed by atoms with E-state index in [0.29, 0.717) is 24.5 Å². The van der Waals surface area contributed by atoms with Gasteiger partial charge in [0.25, 0.3) is 0 Å². The number of carbonyl (C=O) groups is 2. The van der Waals surface area contributed by atoms with Crippen LogP contribution in [0.15, 0.2) is 54.6 Å². The SMILES string of the molecule is O=C(O)CCc1ccc(N2CCN(C(=O)C=Cc3ccc(Cl)cc3)CC2)cc1. The molecular weight excluding hydrogens is 376 g/mol. The van der Waals surface area contributed by atoms with E-state index in [1.807, 2.05) is 41.3 Å². The summed E-state index contributed by atoms with van der Waals surface area (Å²) in [4.78, 5) is 27.2. The zero-order chi connectivity index (χ0) is 19.9. The Labute approximate surface area is 169 Å². The molecule has 28 heavy (non-hydrogen) atoms. The number of piperazine rings is 1. The number of carboxylic acid groups (broad SMARTS) is 1. The molecule has 2 aromatic rings. The summed E-state index contributed by atoms with van der Waals surface area (Å²) in [7, 11) is 0. The molecule has 0 unspecified atom stereocenters. The summed E-state index contributed by atoms with van der Waals surface area (Å²) in [5.74, 6) is -0.770. The lowest BCUT2D eigenvalue weighted by atomic mass is 10.1. The van der Waals surface area contributed by atoms with Crippen LogP contribution in [0.3, 0.4) is 0 Å². The highest BCUT2D eigenvalue weighted by Crippen LogP contribution is 2.18. The van der Waals surface area contributed by atoms with Crippen LogP contribution in [0.2, 0.25) is 5.02 Å². The smallest absolute Gasteiger partial charge is 0.303 e. The lowest BCUT2D eigenvalue weighted by molar-refractivity contribution is -0.137. The summed E-state index contributed by atoms with van der Waals surface area (Å²) in [6, 6.07) is 15.4. The maximum atomic E-state index is 12.4. The monoisotopic (exact) mass is 398 g/mol. The maximum Gasteiger partial charge on any atom is 0.303 e. The zero-order valence-corrected chi connectivity index (χ0v) is 16.3. The molecule has 0 spiro atoms. The quantitative estimate of drug-likeness (QED) is 0.753. The van der Waals surface area contributed by atoms with E-state index in [1.54, 1.807) is 24.3 Å². The third-order valence-corrected chi connectivity index (χ3v) is 5.06. The van der Waals surface area contributed by atoms with Crippen molar-refractivity contribution in [2.45, 2.75) is 12.8 Å². The Hall–Kier alpha value is -2.79. The van der Waals surface area contributed by atoms with E-state index in [4.69, 9.17) is 16.7 Å². The van der Waals surface area contributed by atoms with E-state index in [9.17, 15) is 9.59 Å². The average molecular weight is 399 g/mol. The van der Waals surface area contributed by atoms with Gasteiger partial charge in [-0.25, -0.2) is 0 Å². The molecule has 6 heteroatoms. The van der Waals surface area contributed by atoms with Crippen LogP contribution < -0.4 is 4.90 Å². The standard InChI is InChI=1S/C22H23ClN2O3/c23-19-7-1-17(2-8-19)5-11-21(26)25-15-13-24(14-16-25)20-9-3-18(4-10-20)6-12-22(27)28/h1-5,7-11H,6,12-16H2,(H,27,28). The van der Waals surface area contributed by atoms with Gasteiger partial charge < -0.3 is 14.9 Å². The highest BCUT2D eigenvalue weighted by atomic mass is 35.5. The first-order chi connectivity index (χ1) is 13.5. The summed E-state index contributed by atoms with van der Waals surface area (Å²) < 4.78 is 0. The Morgan fingerprint density at radius 2 is 1.61 bits per heavy atom. The molecule has 0 atom stereocenters. The summed E-state index contributed by atoms with van der Waals surface area (Å²) in [5.41, 5.74) is 3.06. The number of amides is 1. The number of hydrogen-bond acceptors (Lipinski definition) is 3. The van der Waals surface area contributed by atoms with E-state index in [0.717, 1.165) is 29.9 Å². The first kappa shape index (κ1) is 20.0. The Morgan fingerprint density at radius 1 is 0.964 bits per heavy atom. The minimum absolute atomic E-state index is 0.0126. The van der Waals surface area contributed by atoms with E-state index in [1.165, 1.54) is 0 Å². The van der Waals surface area contributed by atoms with Crippen molar-refractivity contribution in [3.8, 4) is 0 Å². The highest BCUT2D eigenvalue weighted by Gasteiger charge is 2.19. The molecule has 0 aliphatic carbocycles. The van der Waals surface area contributed by atoms with Crippen molar-refractivity contribution < 1.29 is 14.7 Å². The van der Waals surface area contributed by atoms with Crippen LogP contribution in [0.25, 0.3) is 6.08 Å². The van der Waals surface area contributed by atoms with Crippen molar-refractivity contribution in [1.82, 2.24) is 4.90 Å². The molecule has 3 rings (SSSR count). The van der Waals surface area contributed by atoms with Gasteiger partial charge in [-0.3, -0.25) is 9.59 Å².